The van der Waals surface area contributed by atoms with Crippen molar-refractivity contribution >= 4 is 11.6 Å². The maximum absolute atomic E-state index is 12.4. The van der Waals surface area contributed by atoms with Crippen LogP contribution in [0.3, 0.4) is 0 Å². The van der Waals surface area contributed by atoms with Gasteiger partial charge in [-0.25, -0.2) is 0 Å². The maximum Gasteiger partial charge on any atom is 0.264 e. The van der Waals surface area contributed by atoms with E-state index in [1.165, 1.54) is 0 Å². The van der Waals surface area contributed by atoms with Gasteiger partial charge in [-0.2, -0.15) is 0 Å². The smallest absolute Gasteiger partial charge is 0.264 e. The molecule has 0 unspecified atom stereocenters. The van der Waals surface area contributed by atoms with Crippen LogP contribution in [0.2, 0.25) is 0 Å². The Morgan fingerprint density at radius 1 is 1.22 bits per heavy atom. The first kappa shape index (κ1) is 17.2. The Bertz CT molecular complexity index is 880. The Kier molecular flexibility index (Phi) is 4.82. The highest BCUT2D eigenvalue weighted by Crippen LogP contribution is 2.33. The molecule has 1 N–H and O–H groups in total. The van der Waals surface area contributed by atoms with Crippen LogP contribution in [0.5, 0.6) is 17.2 Å². The van der Waals surface area contributed by atoms with E-state index in [2.05, 4.69) is 10.5 Å². The summed E-state index contributed by atoms with van der Waals surface area (Å²) in [6, 6.07) is 13.3. The molecule has 0 bridgehead atoms. The molecule has 1 amide bonds. The molecule has 2 aliphatic rings. The molecule has 140 valence electrons. The van der Waals surface area contributed by atoms with Gasteiger partial charge in [-0.1, -0.05) is 29.4 Å². The molecule has 7 nitrogen and oxygen atoms in total. The number of hydrogen-bond donors (Lipinski definition) is 1. The monoisotopic (exact) mass is 368 g/mol. The molecule has 1 atom stereocenters. The molecule has 0 aliphatic carbocycles. The van der Waals surface area contributed by atoms with Crippen molar-refractivity contribution < 1.29 is 23.8 Å². The predicted octanol–water partition coefficient (Wildman–Crippen LogP) is 2.43. The van der Waals surface area contributed by atoms with E-state index in [-0.39, 0.29) is 12.7 Å². The number of carbonyl (C=O) groups is 1. The summed E-state index contributed by atoms with van der Waals surface area (Å²) < 4.78 is 16.0. The molecule has 27 heavy (non-hydrogen) atoms. The molecule has 4 rings (SSSR count). The fourth-order valence-electron chi connectivity index (χ4n) is 3.10. The van der Waals surface area contributed by atoms with Crippen molar-refractivity contribution in [1.82, 2.24) is 5.32 Å². The highest BCUT2D eigenvalue weighted by Gasteiger charge is 2.28. The van der Waals surface area contributed by atoms with E-state index in [0.29, 0.717) is 19.4 Å². The van der Waals surface area contributed by atoms with Gasteiger partial charge < -0.3 is 24.4 Å². The van der Waals surface area contributed by atoms with Crippen LogP contribution in [0.1, 0.15) is 17.5 Å². The molecule has 2 heterocycles. The van der Waals surface area contributed by atoms with Gasteiger partial charge in [-0.05, 0) is 23.8 Å². The molecule has 0 radical (unpaired) electrons. The summed E-state index contributed by atoms with van der Waals surface area (Å²) in [5, 5.41) is 6.96. The summed E-state index contributed by atoms with van der Waals surface area (Å²) in [6.07, 6.45) is 0.461. The number of amides is 1. The van der Waals surface area contributed by atoms with Crippen LogP contribution in [0.4, 0.5) is 0 Å². The lowest BCUT2D eigenvalue weighted by Crippen LogP contribution is -2.34. The number of oxime groups is 1. The molecule has 2 aromatic rings. The number of hydrogen-bond acceptors (Lipinski definition) is 6. The normalized spacial score (nSPS) is 17.2. The molecule has 7 heteroatoms. The van der Waals surface area contributed by atoms with Gasteiger partial charge >= 0.3 is 0 Å². The Morgan fingerprint density at radius 3 is 2.96 bits per heavy atom. The van der Waals surface area contributed by atoms with Crippen molar-refractivity contribution in [3.63, 3.8) is 0 Å². The fourth-order valence-corrected chi connectivity index (χ4v) is 3.10. The second-order valence-electron chi connectivity index (χ2n) is 6.35. The average Bonchev–Trinajstić information content (AvgIpc) is 3.35. The minimum Gasteiger partial charge on any atom is -0.496 e. The van der Waals surface area contributed by atoms with Crippen molar-refractivity contribution in [3.8, 4) is 17.2 Å². The first-order valence-corrected chi connectivity index (χ1v) is 8.72. The first-order chi connectivity index (χ1) is 13.2. The summed E-state index contributed by atoms with van der Waals surface area (Å²) in [6.45, 7) is 0.623. The Labute approximate surface area is 156 Å². The molecule has 2 aromatic carbocycles. The Balaban J connectivity index is 1.30. The molecule has 0 fully saturated rings. The molecular weight excluding hydrogens is 348 g/mol. The van der Waals surface area contributed by atoms with Crippen LogP contribution < -0.4 is 19.5 Å². The molecule has 2 aliphatic heterocycles. The number of para-hydroxylation sites is 1. The topological polar surface area (TPSA) is 78.4 Å². The maximum atomic E-state index is 12.4. The van der Waals surface area contributed by atoms with E-state index in [9.17, 15) is 4.79 Å². The van der Waals surface area contributed by atoms with E-state index < -0.39 is 6.10 Å². The minimum atomic E-state index is -0.608. The van der Waals surface area contributed by atoms with E-state index in [1.807, 2.05) is 42.5 Å². The molecule has 0 saturated heterocycles. The van der Waals surface area contributed by atoms with Crippen LogP contribution in [-0.4, -0.2) is 31.6 Å². The van der Waals surface area contributed by atoms with E-state index >= 15 is 0 Å². The van der Waals surface area contributed by atoms with Gasteiger partial charge in [0.1, 0.15) is 5.75 Å². The van der Waals surface area contributed by atoms with Crippen LogP contribution in [-0.2, 0) is 22.6 Å². The van der Waals surface area contributed by atoms with Crippen LogP contribution >= 0.6 is 0 Å². The van der Waals surface area contributed by atoms with Gasteiger partial charge in [-0.15, -0.1) is 0 Å². The predicted molar refractivity (Wildman–Crippen MR) is 98.0 cm³/mol. The Hall–Kier alpha value is -3.22. The average molecular weight is 368 g/mol. The second-order valence-corrected chi connectivity index (χ2v) is 6.35. The zero-order valence-electron chi connectivity index (χ0n) is 14.9. The van der Waals surface area contributed by atoms with Gasteiger partial charge in [-0.3, -0.25) is 4.79 Å². The number of benzene rings is 2. The summed E-state index contributed by atoms with van der Waals surface area (Å²) in [7, 11) is 1.61. The third kappa shape index (κ3) is 3.81. The Morgan fingerprint density at radius 2 is 2.07 bits per heavy atom. The molecule has 0 aromatic heterocycles. The van der Waals surface area contributed by atoms with E-state index in [4.69, 9.17) is 19.0 Å². The number of fused-ring (bicyclic) bond motifs is 1. The van der Waals surface area contributed by atoms with Gasteiger partial charge in [0.2, 0.25) is 12.9 Å². The van der Waals surface area contributed by atoms with Crippen LogP contribution in [0.15, 0.2) is 47.6 Å². The fraction of sp³-hybridized carbons (Fsp3) is 0.300. The highest BCUT2D eigenvalue weighted by molar-refractivity contribution is 5.94. The summed E-state index contributed by atoms with van der Waals surface area (Å²) >= 11 is 0. The zero-order chi connectivity index (χ0) is 18.6. The largest absolute Gasteiger partial charge is 0.496 e. The quantitative estimate of drug-likeness (QED) is 0.847. The SMILES string of the molecule is COc1ccccc1CNC(=O)[C@@H]1CC(Cc2ccc3c(c2)OCO3)=NO1. The van der Waals surface area contributed by atoms with Gasteiger partial charge in [0.05, 0.1) is 12.8 Å². The third-order valence-electron chi connectivity index (χ3n) is 4.51. The number of nitrogens with one attached hydrogen (secondary N) is 1. The lowest BCUT2D eigenvalue weighted by atomic mass is 10.0. The third-order valence-corrected chi connectivity index (χ3v) is 4.51. The zero-order valence-corrected chi connectivity index (χ0v) is 14.9. The van der Waals surface area contributed by atoms with Crippen molar-refractivity contribution in [2.24, 2.45) is 5.16 Å². The van der Waals surface area contributed by atoms with Gasteiger partial charge in [0.15, 0.2) is 11.5 Å². The summed E-state index contributed by atoms with van der Waals surface area (Å²) in [4.78, 5) is 17.7. The van der Waals surface area contributed by atoms with Gasteiger partial charge in [0, 0.05) is 24.9 Å². The summed E-state index contributed by atoms with van der Waals surface area (Å²) in [5.74, 6) is 2.03. The standard InChI is InChI=1S/C20H20N2O5/c1-24-16-5-3-2-4-14(16)11-21-20(23)19-10-15(22-27-19)8-13-6-7-17-18(9-13)26-12-25-17/h2-7,9,19H,8,10-12H2,1H3,(H,21,23)/t19-/m0/s1. The number of nitrogens with zero attached hydrogens (tertiary/aromatic N) is 1. The number of methoxy groups -OCH3 is 1. The number of rotatable bonds is 6. The molecule has 0 spiro atoms. The minimum absolute atomic E-state index is 0.189. The summed E-state index contributed by atoms with van der Waals surface area (Å²) in [5.41, 5.74) is 2.77. The highest BCUT2D eigenvalue weighted by atomic mass is 16.7. The number of carbonyl (C=O) groups excluding carboxylic acids is 1. The lowest BCUT2D eigenvalue weighted by molar-refractivity contribution is -0.131. The lowest BCUT2D eigenvalue weighted by Gasteiger charge is -2.11. The second kappa shape index (κ2) is 7.57. The van der Waals surface area contributed by atoms with Crippen molar-refractivity contribution in [3.05, 3.63) is 53.6 Å². The molecule has 0 saturated carbocycles. The van der Waals surface area contributed by atoms with Crippen molar-refractivity contribution in [1.29, 1.82) is 0 Å². The van der Waals surface area contributed by atoms with Gasteiger partial charge in [0.25, 0.3) is 5.91 Å². The van der Waals surface area contributed by atoms with E-state index in [0.717, 1.165) is 34.1 Å². The van der Waals surface area contributed by atoms with E-state index in [1.54, 1.807) is 7.11 Å². The van der Waals surface area contributed by atoms with Crippen molar-refractivity contribution in [2.75, 3.05) is 13.9 Å². The van der Waals surface area contributed by atoms with Crippen LogP contribution in [0.25, 0.3) is 0 Å². The van der Waals surface area contributed by atoms with Crippen LogP contribution in [0, 0.1) is 0 Å². The first-order valence-electron chi connectivity index (χ1n) is 8.72. The molecular formula is C20H20N2O5. The van der Waals surface area contributed by atoms with Crippen molar-refractivity contribution in [2.45, 2.75) is 25.5 Å². The number of ether oxygens (including phenoxy) is 3.